The number of hydrogen-bond acceptors (Lipinski definition) is 4. The summed E-state index contributed by atoms with van der Waals surface area (Å²) < 4.78 is 4.98. The lowest BCUT2D eigenvalue weighted by molar-refractivity contribution is -0.146. The highest BCUT2D eigenvalue weighted by molar-refractivity contribution is 5.92. The summed E-state index contributed by atoms with van der Waals surface area (Å²) in [5.41, 5.74) is 2.61. The summed E-state index contributed by atoms with van der Waals surface area (Å²) >= 11 is 0. The number of aromatic hydroxyl groups is 1. The number of phenols is 1. The monoisotopic (exact) mass is 341 g/mol. The second-order valence-electron chi connectivity index (χ2n) is 5.98. The van der Waals surface area contributed by atoms with E-state index in [0.717, 1.165) is 6.42 Å². The average molecular weight is 341 g/mol. The molecular formula is C20H23NO4. The molecule has 1 amide bonds. The Bertz CT molecular complexity index is 707. The molecule has 5 nitrogen and oxygen atoms in total. The van der Waals surface area contributed by atoms with Crippen LogP contribution in [-0.2, 0) is 20.7 Å². The molecule has 0 aliphatic carbocycles. The molecular weight excluding hydrogens is 318 g/mol. The van der Waals surface area contributed by atoms with Gasteiger partial charge < -0.3 is 15.2 Å². The molecule has 0 unspecified atom stereocenters. The van der Waals surface area contributed by atoms with Crippen molar-refractivity contribution in [2.24, 2.45) is 0 Å². The zero-order valence-corrected chi connectivity index (χ0v) is 14.5. The van der Waals surface area contributed by atoms with E-state index in [9.17, 15) is 14.7 Å². The number of nitrogens with one attached hydrogen (secondary N) is 1. The van der Waals surface area contributed by atoms with E-state index in [0.29, 0.717) is 17.2 Å². The Balaban J connectivity index is 1.78. The fourth-order valence-electron chi connectivity index (χ4n) is 2.31. The van der Waals surface area contributed by atoms with Gasteiger partial charge in [0.2, 0.25) is 0 Å². The Morgan fingerprint density at radius 3 is 2.32 bits per heavy atom. The van der Waals surface area contributed by atoms with Crippen molar-refractivity contribution >= 4 is 17.6 Å². The lowest BCUT2D eigenvalue weighted by Crippen LogP contribution is -2.21. The Morgan fingerprint density at radius 1 is 1.08 bits per heavy atom. The molecule has 1 atom stereocenters. The Hall–Kier alpha value is -2.82. The molecule has 2 aromatic carbocycles. The predicted molar refractivity (Wildman–Crippen MR) is 96.5 cm³/mol. The van der Waals surface area contributed by atoms with E-state index in [1.165, 1.54) is 17.7 Å². The number of esters is 1. The number of carbonyl (C=O) groups excluding carboxylic acids is 2. The number of carbonyl (C=O) groups is 2. The van der Waals surface area contributed by atoms with E-state index in [1.54, 1.807) is 12.1 Å². The van der Waals surface area contributed by atoms with Gasteiger partial charge in [0, 0.05) is 5.69 Å². The maximum absolute atomic E-state index is 11.9. The first kappa shape index (κ1) is 18.5. The highest BCUT2D eigenvalue weighted by Crippen LogP contribution is 2.20. The average Bonchev–Trinajstić information content (AvgIpc) is 2.62. The van der Waals surface area contributed by atoms with Gasteiger partial charge in [-0.25, -0.2) is 0 Å². The molecule has 0 saturated carbocycles. The van der Waals surface area contributed by atoms with E-state index in [4.69, 9.17) is 4.74 Å². The van der Waals surface area contributed by atoms with E-state index >= 15 is 0 Å². The molecule has 2 aromatic rings. The van der Waals surface area contributed by atoms with Crippen molar-refractivity contribution < 1.29 is 19.4 Å². The van der Waals surface area contributed by atoms with Gasteiger partial charge in [0.25, 0.3) is 5.91 Å². The molecule has 2 N–H and O–H groups in total. The van der Waals surface area contributed by atoms with Gasteiger partial charge in [-0.3, -0.25) is 9.59 Å². The fourth-order valence-corrected chi connectivity index (χ4v) is 2.31. The molecule has 2 rings (SSSR count). The largest absolute Gasteiger partial charge is 0.508 e. The van der Waals surface area contributed by atoms with Crippen molar-refractivity contribution in [3.8, 4) is 5.75 Å². The zero-order valence-electron chi connectivity index (χ0n) is 14.5. The second-order valence-corrected chi connectivity index (χ2v) is 5.98. The van der Waals surface area contributed by atoms with Crippen molar-refractivity contribution in [3.63, 3.8) is 0 Å². The summed E-state index contributed by atoms with van der Waals surface area (Å²) in [4.78, 5) is 23.6. The molecule has 0 aliphatic rings. The molecule has 0 radical (unpaired) electrons. The van der Waals surface area contributed by atoms with Crippen LogP contribution in [0.5, 0.6) is 5.75 Å². The molecule has 0 aromatic heterocycles. The summed E-state index contributed by atoms with van der Waals surface area (Å²) in [6.45, 7) is 3.96. The highest BCUT2D eigenvalue weighted by Gasteiger charge is 2.09. The summed E-state index contributed by atoms with van der Waals surface area (Å²) in [5, 5.41) is 11.9. The number of ether oxygens (including phenoxy) is 1. The smallest absolute Gasteiger partial charge is 0.310 e. The van der Waals surface area contributed by atoms with Crippen LogP contribution in [0.25, 0.3) is 0 Å². The van der Waals surface area contributed by atoms with Crippen LogP contribution in [0, 0.1) is 0 Å². The third-order valence-electron chi connectivity index (χ3n) is 4.02. The van der Waals surface area contributed by atoms with Crippen molar-refractivity contribution in [1.29, 1.82) is 0 Å². The number of amides is 1. The number of hydrogen-bond donors (Lipinski definition) is 2. The Labute approximate surface area is 147 Å². The third-order valence-corrected chi connectivity index (χ3v) is 4.02. The van der Waals surface area contributed by atoms with Crippen LogP contribution < -0.4 is 5.32 Å². The molecule has 0 aliphatic heterocycles. The second kappa shape index (κ2) is 8.87. The van der Waals surface area contributed by atoms with Gasteiger partial charge in [0.05, 0.1) is 6.42 Å². The lowest BCUT2D eigenvalue weighted by atomic mass is 9.99. The molecule has 0 spiro atoms. The van der Waals surface area contributed by atoms with Gasteiger partial charge in [0.1, 0.15) is 5.75 Å². The van der Waals surface area contributed by atoms with Gasteiger partial charge in [-0.15, -0.1) is 0 Å². The predicted octanol–water partition coefficient (Wildman–Crippen LogP) is 3.63. The number of phenolic OH excluding ortho intramolecular Hbond substituents is 1. The van der Waals surface area contributed by atoms with Crippen LogP contribution in [0.2, 0.25) is 0 Å². The first-order valence-corrected chi connectivity index (χ1v) is 8.31. The van der Waals surface area contributed by atoms with Crippen LogP contribution in [-0.4, -0.2) is 23.6 Å². The third kappa shape index (κ3) is 5.95. The number of benzene rings is 2. The minimum absolute atomic E-state index is 0.0527. The Morgan fingerprint density at radius 2 is 1.72 bits per heavy atom. The van der Waals surface area contributed by atoms with Gasteiger partial charge in [-0.05, 0) is 47.7 Å². The van der Waals surface area contributed by atoms with E-state index < -0.39 is 5.97 Å². The standard InChI is InChI=1S/C20H23NO4/c1-3-14(2)16-6-8-17(9-7-16)21-19(23)13-25-20(24)12-15-4-10-18(22)11-5-15/h4-11,14,22H,3,12-13H2,1-2H3,(H,21,23)/t14-/m0/s1. The highest BCUT2D eigenvalue weighted by atomic mass is 16.5. The summed E-state index contributed by atoms with van der Waals surface area (Å²) in [7, 11) is 0. The summed E-state index contributed by atoms with van der Waals surface area (Å²) in [6.07, 6.45) is 1.11. The zero-order chi connectivity index (χ0) is 18.2. The van der Waals surface area contributed by atoms with E-state index in [2.05, 4.69) is 19.2 Å². The quantitative estimate of drug-likeness (QED) is 0.754. The van der Waals surface area contributed by atoms with Crippen molar-refractivity contribution in [3.05, 3.63) is 59.7 Å². The lowest BCUT2D eigenvalue weighted by Gasteiger charge is -2.10. The summed E-state index contributed by atoms with van der Waals surface area (Å²) in [5.74, 6) is -0.259. The normalized spacial score (nSPS) is 11.6. The van der Waals surface area contributed by atoms with Crippen LogP contribution in [0.3, 0.4) is 0 Å². The first-order valence-electron chi connectivity index (χ1n) is 8.31. The van der Waals surface area contributed by atoms with Crippen molar-refractivity contribution in [2.75, 3.05) is 11.9 Å². The molecule has 0 fully saturated rings. The molecule has 0 heterocycles. The molecule has 25 heavy (non-hydrogen) atoms. The van der Waals surface area contributed by atoms with Crippen LogP contribution in [0.4, 0.5) is 5.69 Å². The minimum atomic E-state index is -0.493. The Kier molecular flexibility index (Phi) is 6.57. The minimum Gasteiger partial charge on any atom is -0.508 e. The summed E-state index contributed by atoms with van der Waals surface area (Å²) in [6, 6.07) is 13.9. The van der Waals surface area contributed by atoms with E-state index in [1.807, 2.05) is 24.3 Å². The van der Waals surface area contributed by atoms with Crippen LogP contribution >= 0.6 is 0 Å². The molecule has 0 saturated heterocycles. The topological polar surface area (TPSA) is 75.6 Å². The van der Waals surface area contributed by atoms with E-state index in [-0.39, 0.29) is 24.7 Å². The van der Waals surface area contributed by atoms with Gasteiger partial charge >= 0.3 is 5.97 Å². The maximum Gasteiger partial charge on any atom is 0.310 e. The van der Waals surface area contributed by atoms with Crippen molar-refractivity contribution in [2.45, 2.75) is 32.6 Å². The number of anilines is 1. The van der Waals surface area contributed by atoms with Crippen molar-refractivity contribution in [1.82, 2.24) is 0 Å². The SMILES string of the molecule is CC[C@H](C)c1ccc(NC(=O)COC(=O)Cc2ccc(O)cc2)cc1. The number of rotatable bonds is 7. The molecule has 5 heteroatoms. The van der Waals surface area contributed by atoms with Gasteiger partial charge in [-0.2, -0.15) is 0 Å². The van der Waals surface area contributed by atoms with Crippen LogP contribution in [0.1, 0.15) is 37.3 Å². The first-order chi connectivity index (χ1) is 12.0. The fraction of sp³-hybridized carbons (Fsp3) is 0.300. The maximum atomic E-state index is 11.9. The van der Waals surface area contributed by atoms with Crippen LogP contribution in [0.15, 0.2) is 48.5 Å². The van der Waals surface area contributed by atoms with Gasteiger partial charge in [0.15, 0.2) is 6.61 Å². The molecule has 132 valence electrons. The van der Waals surface area contributed by atoms with Gasteiger partial charge in [-0.1, -0.05) is 38.1 Å². The molecule has 0 bridgehead atoms.